The fraction of sp³-hybridized carbons (Fsp3) is 1.00. The van der Waals surface area contributed by atoms with Crippen LogP contribution in [0.5, 0.6) is 0 Å². The Kier molecular flexibility index (Phi) is 7.42. The largest absolute Gasteiger partial charge is 0.393 e. The molecule has 4 rings (SSSR count). The van der Waals surface area contributed by atoms with Crippen LogP contribution in [-0.2, 0) is 0 Å². The quantitative estimate of drug-likeness (QED) is 0.418. The third-order valence-electron chi connectivity index (χ3n) is 11.5. The average molecular weight is 448 g/mol. The van der Waals surface area contributed by atoms with Gasteiger partial charge >= 0.3 is 0 Å². The Morgan fingerprint density at radius 2 is 1.59 bits per heavy atom. The zero-order chi connectivity index (χ0) is 23.3. The van der Waals surface area contributed by atoms with Crippen molar-refractivity contribution in [1.82, 2.24) is 5.32 Å². The Bertz CT molecular complexity index is 637. The second kappa shape index (κ2) is 9.50. The number of rotatable bonds is 7. The molecule has 0 aromatic carbocycles. The van der Waals surface area contributed by atoms with Crippen molar-refractivity contribution in [3.63, 3.8) is 0 Å². The summed E-state index contributed by atoms with van der Waals surface area (Å²) >= 11 is 0. The first kappa shape index (κ1) is 25.0. The number of hydrogen-bond acceptors (Lipinski definition) is 3. The van der Waals surface area contributed by atoms with E-state index in [1.807, 2.05) is 0 Å². The lowest BCUT2D eigenvalue weighted by Crippen LogP contribution is -2.62. The van der Waals surface area contributed by atoms with Crippen LogP contribution in [0.2, 0.25) is 0 Å². The van der Waals surface area contributed by atoms with Gasteiger partial charge in [0.15, 0.2) is 0 Å². The van der Waals surface area contributed by atoms with Gasteiger partial charge in [-0.2, -0.15) is 0 Å². The van der Waals surface area contributed by atoms with Gasteiger partial charge in [0.25, 0.3) is 0 Å². The molecular weight excluding hydrogens is 394 g/mol. The van der Waals surface area contributed by atoms with Gasteiger partial charge in [0.2, 0.25) is 0 Å². The molecular formula is C29H53NO2. The summed E-state index contributed by atoms with van der Waals surface area (Å²) < 4.78 is 0. The minimum Gasteiger partial charge on any atom is -0.393 e. The maximum absolute atomic E-state index is 11.8. The molecule has 0 amide bonds. The molecule has 4 aliphatic carbocycles. The fourth-order valence-corrected chi connectivity index (χ4v) is 9.95. The highest BCUT2D eigenvalue weighted by Crippen LogP contribution is 2.69. The Balaban J connectivity index is 1.52. The fourth-order valence-electron chi connectivity index (χ4n) is 9.95. The summed E-state index contributed by atoms with van der Waals surface area (Å²) in [6.45, 7) is 15.6. The summed E-state index contributed by atoms with van der Waals surface area (Å²) in [4.78, 5) is 0. The predicted octanol–water partition coefficient (Wildman–Crippen LogP) is 6.03. The first-order chi connectivity index (χ1) is 15.1. The van der Waals surface area contributed by atoms with E-state index in [1.165, 1.54) is 38.5 Å². The van der Waals surface area contributed by atoms with Gasteiger partial charge in [-0.3, -0.25) is 0 Å². The normalized spacial score (nSPS) is 49.4. The molecule has 0 heterocycles. The molecule has 0 aromatic heterocycles. The van der Waals surface area contributed by atoms with Crippen LogP contribution >= 0.6 is 0 Å². The first-order valence-corrected chi connectivity index (χ1v) is 14.2. The van der Waals surface area contributed by atoms with Crippen molar-refractivity contribution in [3.8, 4) is 0 Å². The van der Waals surface area contributed by atoms with E-state index >= 15 is 0 Å². The van der Waals surface area contributed by atoms with Crippen molar-refractivity contribution in [1.29, 1.82) is 0 Å². The van der Waals surface area contributed by atoms with E-state index in [-0.39, 0.29) is 12.2 Å². The summed E-state index contributed by atoms with van der Waals surface area (Å²) in [5.74, 6) is 4.30. The minimum absolute atomic E-state index is 0.151. The topological polar surface area (TPSA) is 52.5 Å². The zero-order valence-corrected chi connectivity index (χ0v) is 21.9. The first-order valence-electron chi connectivity index (χ1n) is 14.2. The molecule has 4 fully saturated rings. The number of aliphatic hydroxyl groups excluding tert-OH is 2. The Hall–Kier alpha value is -0.120. The molecule has 0 bridgehead atoms. The van der Waals surface area contributed by atoms with Crippen LogP contribution in [0.15, 0.2) is 0 Å². The Labute approximate surface area is 198 Å². The predicted molar refractivity (Wildman–Crippen MR) is 133 cm³/mol. The van der Waals surface area contributed by atoms with Gasteiger partial charge in [-0.05, 0) is 117 Å². The molecule has 32 heavy (non-hydrogen) atoms. The number of nitrogens with one attached hydrogen (secondary N) is 1. The third kappa shape index (κ3) is 4.11. The van der Waals surface area contributed by atoms with Crippen molar-refractivity contribution in [2.45, 2.75) is 124 Å². The molecule has 0 radical (unpaired) electrons. The monoisotopic (exact) mass is 447 g/mol. The maximum atomic E-state index is 11.8. The summed E-state index contributed by atoms with van der Waals surface area (Å²) in [6.07, 6.45) is 11.8. The smallest absolute Gasteiger partial charge is 0.0605 e. The van der Waals surface area contributed by atoms with Crippen LogP contribution in [0.1, 0.15) is 106 Å². The molecule has 0 saturated heterocycles. The van der Waals surface area contributed by atoms with Crippen LogP contribution in [0.4, 0.5) is 0 Å². The van der Waals surface area contributed by atoms with E-state index in [4.69, 9.17) is 0 Å². The van der Waals surface area contributed by atoms with Gasteiger partial charge in [0.05, 0.1) is 12.2 Å². The van der Waals surface area contributed by atoms with Gasteiger partial charge < -0.3 is 15.5 Å². The van der Waals surface area contributed by atoms with Crippen molar-refractivity contribution in [3.05, 3.63) is 0 Å². The number of hydrogen-bond donors (Lipinski definition) is 3. The van der Waals surface area contributed by atoms with Crippen LogP contribution in [0.3, 0.4) is 0 Å². The number of aliphatic hydroxyl groups is 2. The highest BCUT2D eigenvalue weighted by atomic mass is 16.3. The number of fused-ring (bicyclic) bond motifs is 5. The van der Waals surface area contributed by atoms with E-state index in [0.717, 1.165) is 44.1 Å². The van der Waals surface area contributed by atoms with Gasteiger partial charge in [-0.1, -0.05) is 48.0 Å². The molecule has 4 aliphatic rings. The standard InChI is InChI=1S/C29H53NO2/c1-7-21-25-17-20(31)12-14-29(25,6)24-13-15-28(5)22(10-11-23(28)26(24)27(21)32)19(4)9-8-16-30-18(2)3/h18-27,30-32H,7-17H2,1-6H3/t19-,20-,21-,22-,23+,24+,25+,26+,27-,28-,29-/m0/s1. The Morgan fingerprint density at radius 3 is 2.28 bits per heavy atom. The van der Waals surface area contributed by atoms with E-state index < -0.39 is 0 Å². The summed E-state index contributed by atoms with van der Waals surface area (Å²) in [6, 6.07) is 0.583. The van der Waals surface area contributed by atoms with Crippen molar-refractivity contribution in [2.24, 2.45) is 52.3 Å². The molecule has 0 aliphatic heterocycles. The van der Waals surface area contributed by atoms with Gasteiger partial charge in [0, 0.05) is 6.04 Å². The van der Waals surface area contributed by atoms with Crippen molar-refractivity contribution in [2.75, 3.05) is 6.54 Å². The third-order valence-corrected chi connectivity index (χ3v) is 11.5. The molecule has 3 nitrogen and oxygen atoms in total. The lowest BCUT2D eigenvalue weighted by molar-refractivity contribution is -0.203. The lowest BCUT2D eigenvalue weighted by Gasteiger charge is -2.64. The van der Waals surface area contributed by atoms with Crippen LogP contribution < -0.4 is 5.32 Å². The highest BCUT2D eigenvalue weighted by molar-refractivity contribution is 5.13. The highest BCUT2D eigenvalue weighted by Gasteiger charge is 2.64. The molecule has 3 N–H and O–H groups in total. The van der Waals surface area contributed by atoms with Crippen LogP contribution in [0.25, 0.3) is 0 Å². The molecule has 11 atom stereocenters. The molecule has 0 unspecified atom stereocenters. The second-order valence-electron chi connectivity index (χ2n) is 13.4. The molecule has 0 spiro atoms. The summed E-state index contributed by atoms with van der Waals surface area (Å²) in [5.41, 5.74) is 0.722. The van der Waals surface area contributed by atoms with E-state index in [1.54, 1.807) is 0 Å². The van der Waals surface area contributed by atoms with E-state index in [9.17, 15) is 10.2 Å². The molecule has 3 heteroatoms. The van der Waals surface area contributed by atoms with E-state index in [0.29, 0.717) is 46.5 Å². The maximum Gasteiger partial charge on any atom is 0.0605 e. The van der Waals surface area contributed by atoms with Gasteiger partial charge in [-0.15, -0.1) is 0 Å². The van der Waals surface area contributed by atoms with Gasteiger partial charge in [0.1, 0.15) is 0 Å². The SMILES string of the molecule is CC[C@@H]1[C@H](O)[C@H]2[C@@H](CC[C@]3(C)[C@@H]2CC[C@H]3[C@@H](C)CCCNC(C)C)[C@]2(C)CC[C@H](O)C[C@H]12. The molecule has 4 saturated carbocycles. The Morgan fingerprint density at radius 1 is 0.906 bits per heavy atom. The summed E-state index contributed by atoms with van der Waals surface area (Å²) in [5, 5.41) is 25.9. The average Bonchev–Trinajstić information content (AvgIpc) is 3.09. The van der Waals surface area contributed by atoms with Crippen LogP contribution in [0, 0.1) is 52.3 Å². The van der Waals surface area contributed by atoms with Crippen molar-refractivity contribution < 1.29 is 10.2 Å². The zero-order valence-electron chi connectivity index (χ0n) is 21.9. The molecule has 186 valence electrons. The van der Waals surface area contributed by atoms with Crippen molar-refractivity contribution >= 4 is 0 Å². The second-order valence-corrected chi connectivity index (χ2v) is 13.4. The minimum atomic E-state index is -0.165. The lowest BCUT2D eigenvalue weighted by atomic mass is 9.41. The van der Waals surface area contributed by atoms with Crippen LogP contribution in [-0.4, -0.2) is 35.0 Å². The van der Waals surface area contributed by atoms with E-state index in [2.05, 4.69) is 46.9 Å². The molecule has 0 aromatic rings. The van der Waals surface area contributed by atoms with Gasteiger partial charge in [-0.25, -0.2) is 0 Å². The summed E-state index contributed by atoms with van der Waals surface area (Å²) in [7, 11) is 0.